The van der Waals surface area contributed by atoms with Gasteiger partial charge in [-0.15, -0.1) is 0 Å². The second-order valence-corrected chi connectivity index (χ2v) is 9.41. The quantitative estimate of drug-likeness (QED) is 0.319. The van der Waals surface area contributed by atoms with Crippen molar-refractivity contribution in [2.45, 2.75) is 51.6 Å². The third kappa shape index (κ3) is 4.94. The number of carbonyl (C=O) groups excluding carboxylic acids is 2. The van der Waals surface area contributed by atoms with Crippen LogP contribution in [0.5, 0.6) is 11.5 Å². The van der Waals surface area contributed by atoms with Crippen LogP contribution in [0.4, 0.5) is 5.69 Å². The number of rotatable bonds is 7. The predicted octanol–water partition coefficient (Wildman–Crippen LogP) is 4.93. The number of dihydropyridines is 1. The lowest BCUT2D eigenvalue weighted by atomic mass is 9.71. The molecule has 0 aromatic heterocycles. The first kappa shape index (κ1) is 25.9. The summed E-state index contributed by atoms with van der Waals surface area (Å²) in [5.74, 6) is -1.46. The number of nitro groups is 1. The smallest absolute Gasteiger partial charge is 0.337 e. The van der Waals surface area contributed by atoms with Crippen molar-refractivity contribution >= 4 is 17.4 Å². The number of methoxy groups -OCH3 is 2. The SMILES string of the molecule is COc1cc([C@@H]2C(C(=O)OC(C)C)=C(C)NC3=C2C(=O)C[C@@H](c2ccccc2)C3)c([N+](=O)[O-])cc1OC. The van der Waals surface area contributed by atoms with Crippen molar-refractivity contribution in [1.29, 1.82) is 0 Å². The second-order valence-electron chi connectivity index (χ2n) is 9.41. The third-order valence-electron chi connectivity index (χ3n) is 6.70. The minimum atomic E-state index is -1.01. The van der Waals surface area contributed by atoms with Crippen molar-refractivity contribution in [2.75, 3.05) is 14.2 Å². The maximum absolute atomic E-state index is 13.8. The van der Waals surface area contributed by atoms with Gasteiger partial charge in [-0.3, -0.25) is 14.9 Å². The molecule has 0 spiro atoms. The molecule has 2 aliphatic rings. The average Bonchev–Trinajstić information content (AvgIpc) is 2.86. The first-order chi connectivity index (χ1) is 17.7. The molecular weight excluding hydrogens is 476 g/mol. The summed E-state index contributed by atoms with van der Waals surface area (Å²) >= 11 is 0. The van der Waals surface area contributed by atoms with E-state index < -0.39 is 22.9 Å². The van der Waals surface area contributed by atoms with E-state index in [0.29, 0.717) is 23.4 Å². The van der Waals surface area contributed by atoms with Gasteiger partial charge < -0.3 is 19.5 Å². The fraction of sp³-hybridized carbons (Fsp3) is 0.357. The van der Waals surface area contributed by atoms with Gasteiger partial charge in [0.2, 0.25) is 0 Å². The van der Waals surface area contributed by atoms with Crippen LogP contribution in [0.3, 0.4) is 0 Å². The summed E-state index contributed by atoms with van der Waals surface area (Å²) in [7, 11) is 2.81. The fourth-order valence-corrected chi connectivity index (χ4v) is 5.13. The van der Waals surface area contributed by atoms with Gasteiger partial charge in [-0.2, -0.15) is 0 Å². The molecule has 0 radical (unpaired) electrons. The van der Waals surface area contributed by atoms with Gasteiger partial charge in [0.15, 0.2) is 17.3 Å². The molecule has 0 amide bonds. The van der Waals surface area contributed by atoms with Gasteiger partial charge >= 0.3 is 5.97 Å². The van der Waals surface area contributed by atoms with E-state index in [1.807, 2.05) is 30.3 Å². The van der Waals surface area contributed by atoms with Crippen molar-refractivity contribution in [1.82, 2.24) is 5.32 Å². The van der Waals surface area contributed by atoms with Gasteiger partial charge in [-0.05, 0) is 44.7 Å². The van der Waals surface area contributed by atoms with Crippen molar-refractivity contribution in [3.05, 3.63) is 86.2 Å². The van der Waals surface area contributed by atoms with Crippen molar-refractivity contribution in [3.63, 3.8) is 0 Å². The lowest BCUT2D eigenvalue weighted by molar-refractivity contribution is -0.385. The van der Waals surface area contributed by atoms with Crippen LogP contribution in [0.2, 0.25) is 0 Å². The number of Topliss-reactive ketones (excluding diaryl/α,β-unsaturated/α-hetero) is 1. The highest BCUT2D eigenvalue weighted by atomic mass is 16.6. The molecular formula is C28H30N2O7. The molecule has 2 aromatic rings. The Kier molecular flexibility index (Phi) is 7.33. The Morgan fingerprint density at radius 2 is 1.73 bits per heavy atom. The van der Waals surface area contributed by atoms with Crippen LogP contribution in [0.1, 0.15) is 56.6 Å². The molecule has 1 aliphatic heterocycles. The van der Waals surface area contributed by atoms with E-state index in [1.165, 1.54) is 26.4 Å². The average molecular weight is 507 g/mol. The number of hydrogen-bond donors (Lipinski definition) is 1. The number of benzene rings is 2. The van der Waals surface area contributed by atoms with E-state index in [-0.39, 0.29) is 46.4 Å². The first-order valence-electron chi connectivity index (χ1n) is 12.1. The topological polar surface area (TPSA) is 117 Å². The van der Waals surface area contributed by atoms with Gasteiger partial charge in [0.05, 0.1) is 42.8 Å². The molecule has 0 bridgehead atoms. The van der Waals surface area contributed by atoms with Crippen LogP contribution in [0.15, 0.2) is 65.0 Å². The van der Waals surface area contributed by atoms with Crippen molar-refractivity contribution in [3.8, 4) is 11.5 Å². The van der Waals surface area contributed by atoms with E-state index >= 15 is 0 Å². The normalized spacial score (nSPS) is 19.4. The summed E-state index contributed by atoms with van der Waals surface area (Å²) in [6.45, 7) is 5.16. The minimum absolute atomic E-state index is 0.0574. The highest BCUT2D eigenvalue weighted by molar-refractivity contribution is 6.04. The van der Waals surface area contributed by atoms with E-state index in [0.717, 1.165) is 5.56 Å². The standard InChI is InChI=1S/C28H30N2O7/c1-15(2)37-28(32)25-16(3)29-20-11-18(17-9-7-6-8-10-17)12-22(31)27(20)26(25)19-13-23(35-4)24(36-5)14-21(19)30(33)34/h6-10,13-15,18,26,29H,11-12H2,1-5H3/t18-,26+/m0/s1. The molecule has 2 atom stereocenters. The highest BCUT2D eigenvalue weighted by Gasteiger charge is 2.44. The number of hydrogen-bond acceptors (Lipinski definition) is 8. The molecule has 9 heteroatoms. The van der Waals surface area contributed by atoms with Crippen molar-refractivity contribution in [2.24, 2.45) is 0 Å². The molecule has 9 nitrogen and oxygen atoms in total. The number of allylic oxidation sites excluding steroid dienone is 3. The van der Waals surface area contributed by atoms with E-state index in [9.17, 15) is 19.7 Å². The number of ketones is 1. The molecule has 1 aliphatic carbocycles. The molecule has 0 saturated heterocycles. The number of ether oxygens (including phenoxy) is 3. The van der Waals surface area contributed by atoms with E-state index in [1.54, 1.807) is 20.8 Å². The van der Waals surface area contributed by atoms with E-state index in [4.69, 9.17) is 14.2 Å². The van der Waals surface area contributed by atoms with Crippen LogP contribution in [0.25, 0.3) is 0 Å². The maximum atomic E-state index is 13.8. The minimum Gasteiger partial charge on any atom is -0.493 e. The zero-order valence-electron chi connectivity index (χ0n) is 21.5. The predicted molar refractivity (Wildman–Crippen MR) is 136 cm³/mol. The van der Waals surface area contributed by atoms with Crippen LogP contribution in [0, 0.1) is 10.1 Å². The largest absolute Gasteiger partial charge is 0.493 e. The molecule has 4 rings (SSSR count). The molecule has 1 N–H and O–H groups in total. The monoisotopic (exact) mass is 506 g/mol. The Balaban J connectivity index is 1.94. The highest BCUT2D eigenvalue weighted by Crippen LogP contribution is 2.49. The first-order valence-corrected chi connectivity index (χ1v) is 12.1. The number of nitrogens with one attached hydrogen (secondary N) is 1. The lowest BCUT2D eigenvalue weighted by Crippen LogP contribution is -2.36. The van der Waals surface area contributed by atoms with Gasteiger partial charge in [-0.25, -0.2) is 4.79 Å². The van der Waals surface area contributed by atoms with Crippen LogP contribution >= 0.6 is 0 Å². The summed E-state index contributed by atoms with van der Waals surface area (Å²) in [5, 5.41) is 15.5. The zero-order valence-corrected chi connectivity index (χ0v) is 21.5. The van der Waals surface area contributed by atoms with Crippen LogP contribution in [-0.2, 0) is 14.3 Å². The van der Waals surface area contributed by atoms with E-state index in [2.05, 4.69) is 5.32 Å². The molecule has 1 heterocycles. The summed E-state index contributed by atoms with van der Waals surface area (Å²) < 4.78 is 16.2. The van der Waals surface area contributed by atoms with Gasteiger partial charge in [0, 0.05) is 29.0 Å². The summed E-state index contributed by atoms with van der Waals surface area (Å²) in [6.07, 6.45) is 0.314. The fourth-order valence-electron chi connectivity index (χ4n) is 5.13. The molecule has 0 fully saturated rings. The Morgan fingerprint density at radius 3 is 2.32 bits per heavy atom. The number of esters is 1. The molecule has 0 unspecified atom stereocenters. The third-order valence-corrected chi connectivity index (χ3v) is 6.70. The summed E-state index contributed by atoms with van der Waals surface area (Å²) in [5.41, 5.74) is 2.55. The zero-order chi connectivity index (χ0) is 26.9. The summed E-state index contributed by atoms with van der Waals surface area (Å²) in [4.78, 5) is 38.8. The van der Waals surface area contributed by atoms with Crippen molar-refractivity contribution < 1.29 is 28.7 Å². The Bertz CT molecular complexity index is 1310. The molecule has 0 saturated carbocycles. The molecule has 37 heavy (non-hydrogen) atoms. The maximum Gasteiger partial charge on any atom is 0.337 e. The molecule has 2 aromatic carbocycles. The van der Waals surface area contributed by atoms with Crippen LogP contribution in [-0.4, -0.2) is 37.0 Å². The number of carbonyl (C=O) groups is 2. The second kappa shape index (κ2) is 10.5. The Labute approximate surface area is 215 Å². The Morgan fingerprint density at radius 1 is 1.08 bits per heavy atom. The summed E-state index contributed by atoms with van der Waals surface area (Å²) in [6, 6.07) is 12.5. The number of nitro benzene ring substituents is 1. The lowest BCUT2D eigenvalue weighted by Gasteiger charge is -2.36. The van der Waals surface area contributed by atoms with Gasteiger partial charge in [0.25, 0.3) is 5.69 Å². The van der Waals surface area contributed by atoms with Gasteiger partial charge in [0.1, 0.15) is 0 Å². The molecule has 194 valence electrons. The number of nitrogens with zero attached hydrogens (tertiary/aromatic N) is 1. The Hall–Kier alpha value is -4.14. The van der Waals surface area contributed by atoms with Crippen LogP contribution < -0.4 is 14.8 Å². The van der Waals surface area contributed by atoms with Gasteiger partial charge in [-0.1, -0.05) is 30.3 Å².